The van der Waals surface area contributed by atoms with Crippen molar-refractivity contribution < 1.29 is 13.9 Å². The Hall–Kier alpha value is -4.05. The van der Waals surface area contributed by atoms with Gasteiger partial charge in [-0.05, 0) is 35.2 Å². The van der Waals surface area contributed by atoms with E-state index in [9.17, 15) is 4.79 Å². The van der Waals surface area contributed by atoms with Crippen LogP contribution in [0.25, 0.3) is 33.1 Å². The van der Waals surface area contributed by atoms with Gasteiger partial charge in [0.15, 0.2) is 16.9 Å². The second-order valence-electron chi connectivity index (χ2n) is 7.28. The number of benzene rings is 4. The fourth-order valence-corrected chi connectivity index (χ4v) is 3.70. The first-order chi connectivity index (χ1) is 15.2. The lowest BCUT2D eigenvalue weighted by Crippen LogP contribution is -2.01. The maximum absolute atomic E-state index is 12.8. The van der Waals surface area contributed by atoms with Gasteiger partial charge in [-0.2, -0.15) is 0 Å². The van der Waals surface area contributed by atoms with E-state index in [1.807, 2.05) is 84.9 Å². The Kier molecular flexibility index (Phi) is 4.89. The van der Waals surface area contributed by atoms with Crippen molar-refractivity contribution in [3.8, 4) is 22.8 Å². The molecular formula is C27H20O4. The maximum Gasteiger partial charge on any atom is 0.193 e. The van der Waals surface area contributed by atoms with Crippen molar-refractivity contribution in [1.82, 2.24) is 0 Å². The molecule has 1 heterocycles. The Balaban J connectivity index is 1.55. The molecule has 0 spiro atoms. The van der Waals surface area contributed by atoms with Gasteiger partial charge in [0, 0.05) is 17.0 Å². The van der Waals surface area contributed by atoms with Gasteiger partial charge in [-0.3, -0.25) is 4.79 Å². The fourth-order valence-electron chi connectivity index (χ4n) is 3.70. The van der Waals surface area contributed by atoms with Gasteiger partial charge in [0.25, 0.3) is 0 Å². The van der Waals surface area contributed by atoms with E-state index in [0.717, 1.165) is 21.9 Å². The van der Waals surface area contributed by atoms with E-state index in [0.29, 0.717) is 34.8 Å². The Labute approximate surface area is 179 Å². The summed E-state index contributed by atoms with van der Waals surface area (Å²) in [5.41, 5.74) is 2.33. The molecule has 5 rings (SSSR count). The molecule has 0 atom stereocenters. The zero-order valence-corrected chi connectivity index (χ0v) is 17.0. The molecule has 0 unspecified atom stereocenters. The third kappa shape index (κ3) is 3.64. The van der Waals surface area contributed by atoms with E-state index >= 15 is 0 Å². The van der Waals surface area contributed by atoms with Gasteiger partial charge in [0.05, 0.1) is 12.5 Å². The van der Waals surface area contributed by atoms with Crippen molar-refractivity contribution in [3.05, 3.63) is 107 Å². The van der Waals surface area contributed by atoms with E-state index in [-0.39, 0.29) is 5.43 Å². The minimum atomic E-state index is -0.0784. The molecule has 0 bridgehead atoms. The summed E-state index contributed by atoms with van der Waals surface area (Å²) in [6, 6.07) is 28.6. The molecule has 0 radical (unpaired) electrons. The summed E-state index contributed by atoms with van der Waals surface area (Å²) in [4.78, 5) is 12.8. The highest BCUT2D eigenvalue weighted by Gasteiger charge is 2.13. The van der Waals surface area contributed by atoms with Crippen LogP contribution >= 0.6 is 0 Å². The number of hydrogen-bond donors (Lipinski definition) is 0. The summed E-state index contributed by atoms with van der Waals surface area (Å²) in [7, 11) is 1.60. The van der Waals surface area contributed by atoms with Gasteiger partial charge < -0.3 is 13.9 Å². The number of rotatable bonds is 5. The Bertz CT molecular complexity index is 1430. The lowest BCUT2D eigenvalue weighted by atomic mass is 10.1. The van der Waals surface area contributed by atoms with Crippen molar-refractivity contribution in [2.24, 2.45) is 0 Å². The first-order valence-corrected chi connectivity index (χ1v) is 10.0. The normalized spacial score (nSPS) is 11.0. The predicted octanol–water partition coefficient (Wildman–Crippen LogP) is 6.20. The standard InChI is InChI=1S/C27H20O4/c1-29-26-15-20(12-14-24(26)30-17-18-7-3-2-4-8-18)25-16-23(28)22-13-11-19-9-5-6-10-21(19)27(22)31-25/h2-16H,17H2,1H3. The van der Waals surface area contributed by atoms with Crippen LogP contribution in [-0.4, -0.2) is 7.11 Å². The van der Waals surface area contributed by atoms with E-state index in [1.54, 1.807) is 7.11 Å². The monoisotopic (exact) mass is 408 g/mol. The summed E-state index contributed by atoms with van der Waals surface area (Å²) in [6.45, 7) is 0.438. The number of ether oxygens (including phenoxy) is 2. The molecule has 4 heteroatoms. The first kappa shape index (κ1) is 18.9. The van der Waals surface area contributed by atoms with Crippen LogP contribution in [0.3, 0.4) is 0 Å². The zero-order valence-electron chi connectivity index (χ0n) is 17.0. The van der Waals surface area contributed by atoms with E-state index in [1.165, 1.54) is 6.07 Å². The lowest BCUT2D eigenvalue weighted by molar-refractivity contribution is 0.284. The quantitative estimate of drug-likeness (QED) is 0.325. The van der Waals surface area contributed by atoms with Crippen LogP contribution in [-0.2, 0) is 6.61 Å². The highest BCUT2D eigenvalue weighted by atomic mass is 16.5. The molecule has 0 fully saturated rings. The molecule has 0 aliphatic heterocycles. The molecule has 0 saturated carbocycles. The molecule has 152 valence electrons. The number of methoxy groups -OCH3 is 1. The van der Waals surface area contributed by atoms with Crippen LogP contribution in [0, 0.1) is 0 Å². The van der Waals surface area contributed by atoms with Crippen LogP contribution in [0.5, 0.6) is 11.5 Å². The molecule has 0 aliphatic carbocycles. The molecule has 0 N–H and O–H groups in total. The Morgan fingerprint density at radius 1 is 0.774 bits per heavy atom. The van der Waals surface area contributed by atoms with Gasteiger partial charge >= 0.3 is 0 Å². The van der Waals surface area contributed by atoms with Gasteiger partial charge in [-0.15, -0.1) is 0 Å². The van der Waals surface area contributed by atoms with Gasteiger partial charge in [0.2, 0.25) is 0 Å². The van der Waals surface area contributed by atoms with Crippen molar-refractivity contribution in [3.63, 3.8) is 0 Å². The number of fused-ring (bicyclic) bond motifs is 3. The molecule has 5 aromatic rings. The van der Waals surface area contributed by atoms with E-state index in [4.69, 9.17) is 13.9 Å². The molecule has 0 saturated heterocycles. The second-order valence-corrected chi connectivity index (χ2v) is 7.28. The van der Waals surface area contributed by atoms with Crippen LogP contribution in [0.1, 0.15) is 5.56 Å². The van der Waals surface area contributed by atoms with Crippen molar-refractivity contribution in [2.75, 3.05) is 7.11 Å². The summed E-state index contributed by atoms with van der Waals surface area (Å²) >= 11 is 0. The molecule has 31 heavy (non-hydrogen) atoms. The topological polar surface area (TPSA) is 48.7 Å². The molecule has 4 nitrogen and oxygen atoms in total. The Morgan fingerprint density at radius 2 is 1.58 bits per heavy atom. The highest BCUT2D eigenvalue weighted by molar-refractivity contribution is 6.04. The van der Waals surface area contributed by atoms with Crippen LogP contribution in [0.15, 0.2) is 100 Å². The molecule has 0 amide bonds. The van der Waals surface area contributed by atoms with Crippen LogP contribution < -0.4 is 14.9 Å². The zero-order chi connectivity index (χ0) is 21.2. The average molecular weight is 408 g/mol. The lowest BCUT2D eigenvalue weighted by Gasteiger charge is -2.12. The smallest absolute Gasteiger partial charge is 0.193 e. The van der Waals surface area contributed by atoms with Gasteiger partial charge in [-0.25, -0.2) is 0 Å². The summed E-state index contributed by atoms with van der Waals surface area (Å²) in [5.74, 6) is 1.69. The number of hydrogen-bond acceptors (Lipinski definition) is 4. The van der Waals surface area contributed by atoms with Crippen molar-refractivity contribution >= 4 is 21.7 Å². The summed E-state index contributed by atoms with van der Waals surface area (Å²) < 4.78 is 17.7. The fraction of sp³-hybridized carbons (Fsp3) is 0.0741. The maximum atomic E-state index is 12.8. The molecular weight excluding hydrogens is 388 g/mol. The minimum absolute atomic E-state index is 0.0784. The minimum Gasteiger partial charge on any atom is -0.493 e. The first-order valence-electron chi connectivity index (χ1n) is 10.0. The predicted molar refractivity (Wildman–Crippen MR) is 123 cm³/mol. The van der Waals surface area contributed by atoms with Crippen molar-refractivity contribution in [2.45, 2.75) is 6.61 Å². The molecule has 1 aromatic heterocycles. The molecule has 4 aromatic carbocycles. The summed E-state index contributed by atoms with van der Waals surface area (Å²) in [5, 5.41) is 2.50. The Morgan fingerprint density at radius 3 is 2.42 bits per heavy atom. The average Bonchev–Trinajstić information content (AvgIpc) is 2.83. The SMILES string of the molecule is COc1cc(-c2cc(=O)c3ccc4ccccc4c3o2)ccc1OCc1ccccc1. The van der Waals surface area contributed by atoms with Crippen LogP contribution in [0.4, 0.5) is 0 Å². The van der Waals surface area contributed by atoms with Gasteiger partial charge in [0.1, 0.15) is 18.0 Å². The highest BCUT2D eigenvalue weighted by Crippen LogP contribution is 2.34. The van der Waals surface area contributed by atoms with E-state index in [2.05, 4.69) is 0 Å². The van der Waals surface area contributed by atoms with Gasteiger partial charge in [-0.1, -0.05) is 60.7 Å². The largest absolute Gasteiger partial charge is 0.493 e. The summed E-state index contributed by atoms with van der Waals surface area (Å²) in [6.07, 6.45) is 0. The third-order valence-electron chi connectivity index (χ3n) is 5.30. The third-order valence-corrected chi connectivity index (χ3v) is 5.30. The van der Waals surface area contributed by atoms with Crippen LogP contribution in [0.2, 0.25) is 0 Å². The van der Waals surface area contributed by atoms with Crippen molar-refractivity contribution in [1.29, 1.82) is 0 Å². The molecule has 0 aliphatic rings. The van der Waals surface area contributed by atoms with E-state index < -0.39 is 0 Å². The second kappa shape index (κ2) is 8.00.